The molecular formula is C9H11BNO5. The van der Waals surface area contributed by atoms with Crippen LogP contribution in [-0.4, -0.2) is 44.8 Å². The second kappa shape index (κ2) is 6.07. The van der Waals surface area contributed by atoms with Crippen molar-refractivity contribution in [3.8, 4) is 0 Å². The molecule has 0 amide bonds. The van der Waals surface area contributed by atoms with Gasteiger partial charge in [0.05, 0.1) is 12.6 Å². The maximum Gasteiger partial charge on any atom is 0.323 e. The molecule has 6 nitrogen and oxygen atoms in total. The number of hydrogen-bond acceptors (Lipinski definition) is 6. The van der Waals surface area contributed by atoms with Gasteiger partial charge in [0.2, 0.25) is 0 Å². The number of hydrogen-bond donors (Lipinski definition) is 1. The predicted octanol–water partition coefficient (Wildman–Crippen LogP) is -1.20. The van der Waals surface area contributed by atoms with Gasteiger partial charge in [0.1, 0.15) is 19.3 Å². The smallest absolute Gasteiger partial charge is 0.323 e. The van der Waals surface area contributed by atoms with Crippen molar-refractivity contribution >= 4 is 25.5 Å². The SMILES string of the molecule is C=C1COC(=O)CC(N[B]C=O)C(=O)OC1. The standard InChI is InChI=1S/C9H11BNO5/c1-6-3-15-8(13)2-7(11-10-5-12)9(14)16-4-6/h5,7,11H,1-4H2. The van der Waals surface area contributed by atoms with E-state index in [1.54, 1.807) is 0 Å². The van der Waals surface area contributed by atoms with Crippen LogP contribution < -0.4 is 5.23 Å². The molecule has 0 spiro atoms. The molecule has 1 saturated heterocycles. The minimum Gasteiger partial charge on any atom is -0.461 e. The summed E-state index contributed by atoms with van der Waals surface area (Å²) in [5.41, 5.74) is 0.502. The van der Waals surface area contributed by atoms with E-state index >= 15 is 0 Å². The Morgan fingerprint density at radius 2 is 2.06 bits per heavy atom. The monoisotopic (exact) mass is 224 g/mol. The van der Waals surface area contributed by atoms with Gasteiger partial charge in [0, 0.05) is 0 Å². The number of rotatable bonds is 3. The second-order valence-corrected chi connectivity index (χ2v) is 3.24. The van der Waals surface area contributed by atoms with Crippen molar-refractivity contribution in [2.75, 3.05) is 13.2 Å². The molecule has 16 heavy (non-hydrogen) atoms. The van der Waals surface area contributed by atoms with E-state index in [1.165, 1.54) is 0 Å². The minimum atomic E-state index is -0.899. The van der Waals surface area contributed by atoms with Crippen molar-refractivity contribution in [3.63, 3.8) is 0 Å². The minimum absolute atomic E-state index is 0.00534. The molecule has 7 heteroatoms. The van der Waals surface area contributed by atoms with Crippen LogP contribution in [0.25, 0.3) is 0 Å². The lowest BCUT2D eigenvalue weighted by atomic mass is 9.96. The number of nitrogens with one attached hydrogen (secondary N) is 1. The molecule has 85 valence electrons. The van der Waals surface area contributed by atoms with Gasteiger partial charge in [-0.15, -0.1) is 0 Å². The first kappa shape index (κ1) is 12.4. The molecule has 1 aliphatic heterocycles. The Hall–Kier alpha value is -1.63. The largest absolute Gasteiger partial charge is 0.461 e. The lowest BCUT2D eigenvalue weighted by molar-refractivity contribution is -0.149. The van der Waals surface area contributed by atoms with Crippen molar-refractivity contribution in [1.82, 2.24) is 5.23 Å². The predicted molar refractivity (Wildman–Crippen MR) is 55.1 cm³/mol. The number of cyclic esters (lactones) is 2. The second-order valence-electron chi connectivity index (χ2n) is 3.24. The molecule has 0 bridgehead atoms. The van der Waals surface area contributed by atoms with Crippen molar-refractivity contribution in [3.05, 3.63) is 12.2 Å². The van der Waals surface area contributed by atoms with E-state index in [1.807, 2.05) is 0 Å². The van der Waals surface area contributed by atoms with Crippen molar-refractivity contribution < 1.29 is 23.9 Å². The van der Waals surface area contributed by atoms with Crippen LogP contribution in [0.3, 0.4) is 0 Å². The summed E-state index contributed by atoms with van der Waals surface area (Å²) in [4.78, 5) is 32.8. The first-order valence-electron chi connectivity index (χ1n) is 4.65. The average Bonchev–Trinajstić information content (AvgIpc) is 2.32. The molecule has 1 aliphatic rings. The highest BCUT2D eigenvalue weighted by atomic mass is 16.6. The Balaban J connectivity index is 2.64. The molecule has 1 N–H and O–H groups in total. The molecule has 1 radical (unpaired) electrons. The molecule has 0 aromatic rings. The van der Waals surface area contributed by atoms with Crippen LogP contribution in [0, 0.1) is 0 Å². The zero-order valence-electron chi connectivity index (χ0n) is 8.60. The van der Waals surface area contributed by atoms with Crippen molar-refractivity contribution in [1.29, 1.82) is 0 Å². The van der Waals surface area contributed by atoms with Gasteiger partial charge in [0.25, 0.3) is 7.41 Å². The van der Waals surface area contributed by atoms with Gasteiger partial charge in [-0.05, 0) is 5.57 Å². The lowest BCUT2D eigenvalue weighted by Gasteiger charge is -2.12. The van der Waals surface area contributed by atoms with E-state index in [4.69, 9.17) is 9.47 Å². The zero-order valence-corrected chi connectivity index (χ0v) is 8.60. The summed E-state index contributed by atoms with van der Waals surface area (Å²) in [5, 5.41) is 2.46. The fourth-order valence-electron chi connectivity index (χ4n) is 1.09. The summed E-state index contributed by atoms with van der Waals surface area (Å²) in [5.74, 6) is -1.16. The number of carbonyl (C=O) groups is 3. The van der Waals surface area contributed by atoms with E-state index in [0.29, 0.717) is 11.8 Å². The van der Waals surface area contributed by atoms with Crippen LogP contribution in [-0.2, 0) is 23.9 Å². The maximum atomic E-state index is 11.4. The topological polar surface area (TPSA) is 81.7 Å². The van der Waals surface area contributed by atoms with Gasteiger partial charge in [-0.25, -0.2) is 0 Å². The van der Waals surface area contributed by atoms with Gasteiger partial charge in [-0.1, -0.05) is 6.58 Å². The quantitative estimate of drug-likeness (QED) is 0.280. The molecule has 0 saturated carbocycles. The van der Waals surface area contributed by atoms with E-state index in [0.717, 1.165) is 7.41 Å². The summed E-state index contributed by atoms with van der Waals surface area (Å²) in [7, 11) is 1.03. The fourth-order valence-corrected chi connectivity index (χ4v) is 1.09. The Morgan fingerprint density at radius 1 is 1.38 bits per heavy atom. The third kappa shape index (κ3) is 3.86. The first-order chi connectivity index (χ1) is 7.63. The number of carbonyl (C=O) groups excluding carboxylic acids is 3. The summed E-state index contributed by atoms with van der Waals surface area (Å²) in [6, 6.07) is -0.899. The van der Waals surface area contributed by atoms with E-state index in [2.05, 4.69) is 11.8 Å². The molecule has 0 aliphatic carbocycles. The van der Waals surface area contributed by atoms with Crippen LogP contribution >= 0.6 is 0 Å². The Morgan fingerprint density at radius 3 is 2.75 bits per heavy atom. The highest BCUT2D eigenvalue weighted by molar-refractivity contribution is 6.64. The summed E-state index contributed by atoms with van der Waals surface area (Å²) < 4.78 is 9.68. The van der Waals surface area contributed by atoms with Crippen LogP contribution in [0.5, 0.6) is 0 Å². The number of ether oxygens (including phenoxy) is 2. The van der Waals surface area contributed by atoms with Crippen LogP contribution in [0.4, 0.5) is 0 Å². The van der Waals surface area contributed by atoms with Crippen molar-refractivity contribution in [2.24, 2.45) is 0 Å². The third-order valence-electron chi connectivity index (χ3n) is 1.88. The zero-order chi connectivity index (χ0) is 12.0. The molecule has 1 fully saturated rings. The van der Waals surface area contributed by atoms with E-state index < -0.39 is 18.0 Å². The maximum absolute atomic E-state index is 11.4. The summed E-state index contributed by atoms with van der Waals surface area (Å²) in [6.45, 7) is 3.62. The van der Waals surface area contributed by atoms with Gasteiger partial charge >= 0.3 is 11.9 Å². The molecular weight excluding hydrogens is 213 g/mol. The van der Waals surface area contributed by atoms with Gasteiger partial charge in [0.15, 0.2) is 0 Å². The number of esters is 2. The molecule has 1 unspecified atom stereocenters. The van der Waals surface area contributed by atoms with Crippen LogP contribution in [0.15, 0.2) is 12.2 Å². The van der Waals surface area contributed by atoms with Gasteiger partial charge in [-0.3, -0.25) is 9.59 Å². The van der Waals surface area contributed by atoms with E-state index in [-0.39, 0.29) is 19.6 Å². The third-order valence-corrected chi connectivity index (χ3v) is 1.88. The van der Waals surface area contributed by atoms with Gasteiger partial charge in [-0.2, -0.15) is 0 Å². The highest BCUT2D eigenvalue weighted by Crippen LogP contribution is 2.05. The molecule has 0 aromatic heterocycles. The molecule has 1 atom stereocenters. The normalized spacial score (nSPS) is 22.2. The average molecular weight is 224 g/mol. The Kier molecular flexibility index (Phi) is 4.72. The van der Waals surface area contributed by atoms with Crippen LogP contribution in [0.2, 0.25) is 0 Å². The molecule has 1 rings (SSSR count). The Labute approximate surface area is 93.2 Å². The fraction of sp³-hybridized carbons (Fsp3) is 0.444. The lowest BCUT2D eigenvalue weighted by Crippen LogP contribution is -2.42. The molecule has 0 aromatic carbocycles. The first-order valence-corrected chi connectivity index (χ1v) is 4.65. The summed E-state index contributed by atoms with van der Waals surface area (Å²) in [6.07, 6.45) is 0.292. The van der Waals surface area contributed by atoms with Gasteiger partial charge < -0.3 is 19.5 Å². The highest BCUT2D eigenvalue weighted by Gasteiger charge is 2.25. The molecule has 1 heterocycles. The Bertz CT molecular complexity index is 317. The van der Waals surface area contributed by atoms with E-state index in [9.17, 15) is 14.4 Å². The summed E-state index contributed by atoms with van der Waals surface area (Å²) >= 11 is 0. The van der Waals surface area contributed by atoms with Crippen LogP contribution in [0.1, 0.15) is 6.42 Å². The van der Waals surface area contributed by atoms with Crippen molar-refractivity contribution in [2.45, 2.75) is 12.5 Å².